The Kier molecular flexibility index (Phi) is 4.69. The van der Waals surface area contributed by atoms with Gasteiger partial charge in [0, 0.05) is 6.54 Å². The first kappa shape index (κ1) is 14.9. The van der Waals surface area contributed by atoms with Crippen LogP contribution in [0.25, 0.3) is 0 Å². The highest BCUT2D eigenvalue weighted by atomic mass is 35.5. The lowest BCUT2D eigenvalue weighted by atomic mass is 10.3. The molecule has 0 atom stereocenters. The molecule has 0 bridgehead atoms. The van der Waals surface area contributed by atoms with Crippen molar-refractivity contribution in [2.24, 2.45) is 0 Å². The first-order valence-corrected chi connectivity index (χ1v) is 6.62. The fraction of sp³-hybridized carbons (Fsp3) is 0.182. The number of aromatic nitrogens is 3. The van der Waals surface area contributed by atoms with Crippen LogP contribution in [-0.4, -0.2) is 32.6 Å². The van der Waals surface area contributed by atoms with E-state index in [1.807, 2.05) is 0 Å². The number of carbonyl (C=O) groups is 1. The lowest BCUT2D eigenvalue weighted by Crippen LogP contribution is -2.11. The van der Waals surface area contributed by atoms with Crippen molar-refractivity contribution in [1.29, 1.82) is 0 Å². The molecule has 1 aromatic heterocycles. The third-order valence-corrected chi connectivity index (χ3v) is 3.46. The van der Waals surface area contributed by atoms with E-state index in [0.29, 0.717) is 33.8 Å². The molecule has 2 rings (SSSR count). The number of anilines is 1. The Balaban J connectivity index is 1.95. The number of hydrogen-bond donors (Lipinski definition) is 2. The zero-order valence-electron chi connectivity index (χ0n) is 9.98. The van der Waals surface area contributed by atoms with Crippen LogP contribution in [0, 0.1) is 0 Å². The Morgan fingerprint density at radius 2 is 1.95 bits per heavy atom. The van der Waals surface area contributed by atoms with Crippen LogP contribution in [0.3, 0.4) is 0 Å². The predicted octanol–water partition coefficient (Wildman–Crippen LogP) is 3.05. The van der Waals surface area contributed by atoms with Crippen molar-refractivity contribution in [3.05, 3.63) is 39.1 Å². The molecule has 0 aliphatic rings. The lowest BCUT2D eigenvalue weighted by molar-refractivity contribution is 0.0690. The van der Waals surface area contributed by atoms with Crippen LogP contribution >= 0.6 is 34.8 Å². The Morgan fingerprint density at radius 3 is 2.60 bits per heavy atom. The molecule has 0 amide bonds. The van der Waals surface area contributed by atoms with Crippen LogP contribution in [0.4, 0.5) is 5.69 Å². The number of nitrogens with one attached hydrogen (secondary N) is 1. The maximum Gasteiger partial charge on any atom is 0.358 e. The molecule has 0 unspecified atom stereocenters. The van der Waals surface area contributed by atoms with Crippen LogP contribution in [0.15, 0.2) is 18.3 Å². The van der Waals surface area contributed by atoms with E-state index in [1.54, 1.807) is 12.1 Å². The SMILES string of the molecule is O=C(O)c1cn(CCNc2cc(Cl)c(Cl)cc2Cl)nn1. The van der Waals surface area contributed by atoms with Crippen LogP contribution in [-0.2, 0) is 6.54 Å². The van der Waals surface area contributed by atoms with Crippen molar-refractivity contribution in [1.82, 2.24) is 15.0 Å². The van der Waals surface area contributed by atoms with Crippen molar-refractivity contribution >= 4 is 46.5 Å². The fourth-order valence-electron chi connectivity index (χ4n) is 1.47. The van der Waals surface area contributed by atoms with Gasteiger partial charge in [0.15, 0.2) is 5.69 Å². The molecule has 2 aromatic rings. The summed E-state index contributed by atoms with van der Waals surface area (Å²) in [6.45, 7) is 0.900. The fourth-order valence-corrected chi connectivity index (χ4v) is 2.08. The summed E-state index contributed by atoms with van der Waals surface area (Å²) in [5, 5.41) is 20.2. The van der Waals surface area contributed by atoms with Gasteiger partial charge in [0.2, 0.25) is 0 Å². The second-order valence-electron chi connectivity index (χ2n) is 3.84. The number of halogens is 3. The zero-order valence-corrected chi connectivity index (χ0v) is 12.2. The minimum absolute atomic E-state index is 0.0995. The molecule has 0 spiro atoms. The number of carboxylic acid groups (broad SMARTS) is 1. The zero-order chi connectivity index (χ0) is 14.7. The highest BCUT2D eigenvalue weighted by Crippen LogP contribution is 2.32. The van der Waals surface area contributed by atoms with Gasteiger partial charge < -0.3 is 10.4 Å². The van der Waals surface area contributed by atoms with Gasteiger partial charge in [-0.1, -0.05) is 40.0 Å². The van der Waals surface area contributed by atoms with Gasteiger partial charge in [-0.2, -0.15) is 0 Å². The lowest BCUT2D eigenvalue weighted by Gasteiger charge is -2.09. The van der Waals surface area contributed by atoms with Gasteiger partial charge in [0.25, 0.3) is 0 Å². The Hall–Kier alpha value is -1.50. The smallest absolute Gasteiger partial charge is 0.358 e. The number of benzene rings is 1. The molecule has 0 saturated heterocycles. The molecule has 1 aromatic carbocycles. The summed E-state index contributed by atoms with van der Waals surface area (Å²) in [6, 6.07) is 3.17. The molecule has 0 saturated carbocycles. The maximum atomic E-state index is 10.6. The summed E-state index contributed by atoms with van der Waals surface area (Å²) in [7, 11) is 0. The molecule has 0 fully saturated rings. The number of hydrogen-bond acceptors (Lipinski definition) is 4. The highest BCUT2D eigenvalue weighted by Gasteiger charge is 2.08. The monoisotopic (exact) mass is 334 g/mol. The summed E-state index contributed by atoms with van der Waals surface area (Å²) in [5.41, 5.74) is 0.539. The van der Waals surface area contributed by atoms with E-state index in [0.717, 1.165) is 0 Å². The van der Waals surface area contributed by atoms with Gasteiger partial charge in [-0.3, -0.25) is 0 Å². The second kappa shape index (κ2) is 6.30. The van der Waals surface area contributed by atoms with E-state index in [-0.39, 0.29) is 5.69 Å². The molecular formula is C11H9Cl3N4O2. The summed E-state index contributed by atoms with van der Waals surface area (Å²) in [6.07, 6.45) is 1.35. The normalized spacial score (nSPS) is 10.6. The Morgan fingerprint density at radius 1 is 1.25 bits per heavy atom. The first-order valence-electron chi connectivity index (χ1n) is 5.49. The topological polar surface area (TPSA) is 80.0 Å². The summed E-state index contributed by atoms with van der Waals surface area (Å²) in [4.78, 5) is 10.6. The molecule has 1 heterocycles. The molecule has 0 radical (unpaired) electrons. The Labute approximate surface area is 129 Å². The van der Waals surface area contributed by atoms with E-state index in [9.17, 15) is 4.79 Å². The highest BCUT2D eigenvalue weighted by molar-refractivity contribution is 6.44. The maximum absolute atomic E-state index is 10.6. The van der Waals surface area contributed by atoms with E-state index in [2.05, 4.69) is 15.6 Å². The van der Waals surface area contributed by atoms with Gasteiger partial charge in [-0.05, 0) is 12.1 Å². The van der Waals surface area contributed by atoms with Crippen molar-refractivity contribution in [2.75, 3.05) is 11.9 Å². The average Bonchev–Trinajstić information content (AvgIpc) is 2.84. The largest absolute Gasteiger partial charge is 0.476 e. The number of nitrogens with zero attached hydrogens (tertiary/aromatic N) is 3. The van der Waals surface area contributed by atoms with Crippen molar-refractivity contribution < 1.29 is 9.90 Å². The predicted molar refractivity (Wildman–Crippen MR) is 76.9 cm³/mol. The number of carboxylic acids is 1. The molecule has 20 heavy (non-hydrogen) atoms. The molecule has 9 heteroatoms. The number of aromatic carboxylic acids is 1. The van der Waals surface area contributed by atoms with Crippen LogP contribution in [0.2, 0.25) is 15.1 Å². The molecule has 2 N–H and O–H groups in total. The molecular weight excluding hydrogens is 327 g/mol. The summed E-state index contributed by atoms with van der Waals surface area (Å²) >= 11 is 17.7. The molecule has 0 aliphatic heterocycles. The van der Waals surface area contributed by atoms with Crippen molar-refractivity contribution in [2.45, 2.75) is 6.54 Å². The average molecular weight is 336 g/mol. The van der Waals surface area contributed by atoms with Crippen molar-refractivity contribution in [3.8, 4) is 0 Å². The molecule has 0 aliphatic carbocycles. The van der Waals surface area contributed by atoms with Gasteiger partial charge in [-0.15, -0.1) is 5.10 Å². The van der Waals surface area contributed by atoms with Gasteiger partial charge in [0.1, 0.15) is 0 Å². The van der Waals surface area contributed by atoms with Gasteiger partial charge in [0.05, 0.1) is 33.5 Å². The van der Waals surface area contributed by atoms with Crippen LogP contribution in [0.5, 0.6) is 0 Å². The van der Waals surface area contributed by atoms with E-state index >= 15 is 0 Å². The van der Waals surface area contributed by atoms with E-state index in [1.165, 1.54) is 10.9 Å². The van der Waals surface area contributed by atoms with Crippen LogP contribution in [0.1, 0.15) is 10.5 Å². The van der Waals surface area contributed by atoms with Crippen molar-refractivity contribution in [3.63, 3.8) is 0 Å². The van der Waals surface area contributed by atoms with E-state index < -0.39 is 5.97 Å². The van der Waals surface area contributed by atoms with Crippen LogP contribution < -0.4 is 5.32 Å². The standard InChI is InChI=1S/C11H9Cl3N4O2/c12-6-3-8(14)9(4-7(6)13)15-1-2-18-5-10(11(19)20)16-17-18/h3-5,15H,1-2H2,(H,19,20). The molecule has 106 valence electrons. The number of rotatable bonds is 5. The summed E-state index contributed by atoms with van der Waals surface area (Å²) in [5.74, 6) is -1.11. The van der Waals surface area contributed by atoms with E-state index in [4.69, 9.17) is 39.9 Å². The molecule has 6 nitrogen and oxygen atoms in total. The quantitative estimate of drug-likeness (QED) is 0.821. The Bertz CT molecular complexity index is 645. The third-order valence-electron chi connectivity index (χ3n) is 2.42. The van der Waals surface area contributed by atoms with Gasteiger partial charge >= 0.3 is 5.97 Å². The summed E-state index contributed by atoms with van der Waals surface area (Å²) < 4.78 is 1.42. The second-order valence-corrected chi connectivity index (χ2v) is 5.07. The minimum Gasteiger partial charge on any atom is -0.476 e. The first-order chi connectivity index (χ1) is 9.47. The third kappa shape index (κ3) is 3.53. The minimum atomic E-state index is -1.11. The van der Waals surface area contributed by atoms with Gasteiger partial charge in [-0.25, -0.2) is 9.48 Å².